The van der Waals surface area contributed by atoms with E-state index < -0.39 is 10.9 Å². The molecule has 0 fully saturated rings. The van der Waals surface area contributed by atoms with E-state index in [9.17, 15) is 14.9 Å². The highest BCUT2D eigenvalue weighted by Gasteiger charge is 2.15. The van der Waals surface area contributed by atoms with Crippen molar-refractivity contribution in [3.63, 3.8) is 0 Å². The third-order valence-corrected chi connectivity index (χ3v) is 3.05. The molecule has 2 aromatic rings. The summed E-state index contributed by atoms with van der Waals surface area (Å²) in [6.07, 6.45) is 0. The van der Waals surface area contributed by atoms with E-state index in [4.69, 9.17) is 21.4 Å². The molecule has 0 amide bonds. The van der Waals surface area contributed by atoms with Gasteiger partial charge in [0.2, 0.25) is 0 Å². The van der Waals surface area contributed by atoms with E-state index in [1.165, 1.54) is 24.3 Å². The van der Waals surface area contributed by atoms with Gasteiger partial charge >= 0.3 is 5.97 Å². The molecule has 0 saturated carbocycles. The Kier molecular flexibility index (Phi) is 4.39. The van der Waals surface area contributed by atoms with Gasteiger partial charge in [0.15, 0.2) is 0 Å². The van der Waals surface area contributed by atoms with Gasteiger partial charge < -0.3 is 9.84 Å². The summed E-state index contributed by atoms with van der Waals surface area (Å²) in [4.78, 5) is 21.2. The summed E-state index contributed by atoms with van der Waals surface area (Å²) >= 11 is 5.83. The molecule has 0 aliphatic carbocycles. The summed E-state index contributed by atoms with van der Waals surface area (Å²) in [5, 5.41) is 19.7. The van der Waals surface area contributed by atoms with Crippen molar-refractivity contribution in [2.75, 3.05) is 0 Å². The number of hydrogen-bond donors (Lipinski definition) is 1. The van der Waals surface area contributed by atoms with Crippen LogP contribution < -0.4 is 4.74 Å². The number of carboxylic acids is 1. The molecule has 21 heavy (non-hydrogen) atoms. The van der Waals surface area contributed by atoms with Crippen molar-refractivity contribution in [1.82, 2.24) is 0 Å². The Hall–Kier alpha value is -2.60. The van der Waals surface area contributed by atoms with Crippen LogP contribution in [0.1, 0.15) is 15.9 Å². The maximum atomic E-state index is 11.1. The molecule has 0 bridgehead atoms. The Balaban J connectivity index is 2.15. The number of aromatic carboxylic acids is 1. The number of rotatable bonds is 5. The zero-order chi connectivity index (χ0) is 15.4. The molecule has 1 N–H and O–H groups in total. The molecule has 0 unspecified atom stereocenters. The van der Waals surface area contributed by atoms with E-state index in [2.05, 4.69) is 0 Å². The highest BCUT2D eigenvalue weighted by Crippen LogP contribution is 2.27. The fourth-order valence-electron chi connectivity index (χ4n) is 1.71. The van der Waals surface area contributed by atoms with Gasteiger partial charge in [-0.1, -0.05) is 17.7 Å². The van der Waals surface area contributed by atoms with Crippen LogP contribution in [0, 0.1) is 10.1 Å². The molecule has 0 atom stereocenters. The quantitative estimate of drug-likeness (QED) is 0.674. The minimum absolute atomic E-state index is 0.0206. The Morgan fingerprint density at radius 1 is 1.24 bits per heavy atom. The van der Waals surface area contributed by atoms with Gasteiger partial charge in [-0.2, -0.15) is 0 Å². The predicted molar refractivity (Wildman–Crippen MR) is 75.8 cm³/mol. The molecule has 0 aliphatic rings. The van der Waals surface area contributed by atoms with E-state index in [0.29, 0.717) is 5.56 Å². The van der Waals surface area contributed by atoms with Gasteiger partial charge in [0.05, 0.1) is 9.95 Å². The Morgan fingerprint density at radius 3 is 2.48 bits per heavy atom. The first-order valence-corrected chi connectivity index (χ1v) is 6.25. The minimum atomic E-state index is -1.18. The highest BCUT2D eigenvalue weighted by molar-refractivity contribution is 6.33. The number of ether oxygens (including phenoxy) is 1. The lowest BCUT2D eigenvalue weighted by molar-refractivity contribution is -0.384. The largest absolute Gasteiger partial charge is 0.488 e. The molecule has 0 heterocycles. The molecule has 0 aliphatic heterocycles. The lowest BCUT2D eigenvalue weighted by Gasteiger charge is -2.10. The molecule has 6 nitrogen and oxygen atoms in total. The predicted octanol–water partition coefficient (Wildman–Crippen LogP) is 3.53. The summed E-state index contributed by atoms with van der Waals surface area (Å²) in [7, 11) is 0. The monoisotopic (exact) mass is 307 g/mol. The molecule has 108 valence electrons. The van der Waals surface area contributed by atoms with Crippen LogP contribution in [0.5, 0.6) is 5.75 Å². The number of halogens is 1. The second-order valence-electron chi connectivity index (χ2n) is 4.13. The van der Waals surface area contributed by atoms with Gasteiger partial charge in [-0.05, 0) is 29.8 Å². The third-order valence-electron chi connectivity index (χ3n) is 2.73. The second kappa shape index (κ2) is 6.23. The second-order valence-corrected chi connectivity index (χ2v) is 4.54. The zero-order valence-corrected chi connectivity index (χ0v) is 11.4. The van der Waals surface area contributed by atoms with E-state index in [1.807, 2.05) is 0 Å². The summed E-state index contributed by atoms with van der Waals surface area (Å²) in [5.41, 5.74) is 0.547. The Bertz CT molecular complexity index is 684. The number of nitro benzene ring substituents is 1. The average Bonchev–Trinajstić information content (AvgIpc) is 2.45. The van der Waals surface area contributed by atoms with Crippen molar-refractivity contribution in [3.8, 4) is 5.75 Å². The van der Waals surface area contributed by atoms with Crippen molar-refractivity contribution in [1.29, 1.82) is 0 Å². The molecule has 7 heteroatoms. The number of nitrogens with zero attached hydrogens (tertiary/aromatic N) is 1. The summed E-state index contributed by atoms with van der Waals surface area (Å²) in [6, 6.07) is 10.3. The number of carbonyl (C=O) groups is 1. The van der Waals surface area contributed by atoms with Crippen LogP contribution in [0.25, 0.3) is 0 Å². The first kappa shape index (κ1) is 14.8. The standard InChI is InChI=1S/C14H10ClNO5/c15-11-2-1-3-12(13(11)14(17)18)21-8-9-4-6-10(7-5-9)16(19)20/h1-7H,8H2,(H,17,18). The first-order chi connectivity index (χ1) is 9.99. The Morgan fingerprint density at radius 2 is 1.90 bits per heavy atom. The summed E-state index contributed by atoms with van der Waals surface area (Å²) in [5.74, 6) is -1.03. The maximum absolute atomic E-state index is 11.1. The van der Waals surface area contributed by atoms with Crippen LogP contribution in [-0.2, 0) is 6.61 Å². The van der Waals surface area contributed by atoms with Gasteiger partial charge in [0.1, 0.15) is 17.9 Å². The van der Waals surface area contributed by atoms with Crippen LogP contribution >= 0.6 is 11.6 Å². The number of benzene rings is 2. The lowest BCUT2D eigenvalue weighted by atomic mass is 10.2. The first-order valence-electron chi connectivity index (χ1n) is 5.87. The van der Waals surface area contributed by atoms with Crippen molar-refractivity contribution in [2.45, 2.75) is 6.61 Å². The molecule has 0 radical (unpaired) electrons. The van der Waals surface area contributed by atoms with Crippen LogP contribution in [0.2, 0.25) is 5.02 Å². The molecular formula is C14H10ClNO5. The molecule has 2 rings (SSSR count). The van der Waals surface area contributed by atoms with Crippen LogP contribution in [0.4, 0.5) is 5.69 Å². The van der Waals surface area contributed by atoms with Gasteiger partial charge in [0.25, 0.3) is 5.69 Å². The molecule has 0 aromatic heterocycles. The number of non-ortho nitro benzene ring substituents is 1. The van der Waals surface area contributed by atoms with Crippen LogP contribution in [0.15, 0.2) is 42.5 Å². The van der Waals surface area contributed by atoms with Gasteiger partial charge in [-0.25, -0.2) is 4.79 Å². The fraction of sp³-hybridized carbons (Fsp3) is 0.0714. The van der Waals surface area contributed by atoms with E-state index in [-0.39, 0.29) is 28.6 Å². The minimum Gasteiger partial charge on any atom is -0.488 e. The van der Waals surface area contributed by atoms with E-state index in [1.54, 1.807) is 18.2 Å². The van der Waals surface area contributed by atoms with Crippen LogP contribution in [0.3, 0.4) is 0 Å². The fourth-order valence-corrected chi connectivity index (χ4v) is 1.95. The maximum Gasteiger partial charge on any atom is 0.341 e. The zero-order valence-electron chi connectivity index (χ0n) is 10.7. The number of nitro groups is 1. The lowest BCUT2D eigenvalue weighted by Crippen LogP contribution is -2.04. The summed E-state index contributed by atoms with van der Waals surface area (Å²) < 4.78 is 5.43. The molecule has 0 spiro atoms. The number of carboxylic acid groups (broad SMARTS) is 1. The normalized spacial score (nSPS) is 10.1. The average molecular weight is 308 g/mol. The molecular weight excluding hydrogens is 298 g/mol. The van der Waals surface area contributed by atoms with Crippen molar-refractivity contribution in [2.24, 2.45) is 0 Å². The summed E-state index contributed by atoms with van der Waals surface area (Å²) in [6.45, 7) is 0.0820. The highest BCUT2D eigenvalue weighted by atomic mass is 35.5. The van der Waals surface area contributed by atoms with Crippen molar-refractivity contribution >= 4 is 23.3 Å². The van der Waals surface area contributed by atoms with E-state index in [0.717, 1.165) is 0 Å². The van der Waals surface area contributed by atoms with Gasteiger partial charge in [-0.3, -0.25) is 10.1 Å². The molecule has 2 aromatic carbocycles. The third kappa shape index (κ3) is 3.49. The van der Waals surface area contributed by atoms with Gasteiger partial charge in [-0.15, -0.1) is 0 Å². The Labute approximate surface area is 124 Å². The SMILES string of the molecule is O=C(O)c1c(Cl)cccc1OCc1ccc([N+](=O)[O-])cc1. The molecule has 0 saturated heterocycles. The number of hydrogen-bond acceptors (Lipinski definition) is 4. The topological polar surface area (TPSA) is 89.7 Å². The smallest absolute Gasteiger partial charge is 0.341 e. The van der Waals surface area contributed by atoms with E-state index >= 15 is 0 Å². The van der Waals surface area contributed by atoms with Crippen molar-refractivity contribution in [3.05, 3.63) is 68.7 Å². The van der Waals surface area contributed by atoms with Gasteiger partial charge in [0, 0.05) is 12.1 Å². The van der Waals surface area contributed by atoms with Crippen molar-refractivity contribution < 1.29 is 19.6 Å². The van der Waals surface area contributed by atoms with Crippen LogP contribution in [-0.4, -0.2) is 16.0 Å².